The zero-order valence-electron chi connectivity index (χ0n) is 11.9. The van der Waals surface area contributed by atoms with Crippen molar-refractivity contribution < 1.29 is 19.4 Å². The fourth-order valence-electron chi connectivity index (χ4n) is 2.17. The zero-order valence-corrected chi connectivity index (χ0v) is 11.9. The van der Waals surface area contributed by atoms with Crippen LogP contribution < -0.4 is 5.73 Å². The van der Waals surface area contributed by atoms with E-state index in [2.05, 4.69) is 0 Å². The van der Waals surface area contributed by atoms with Gasteiger partial charge in [-0.3, -0.25) is 4.79 Å². The normalized spacial score (nSPS) is 24.7. The molecule has 0 radical (unpaired) electrons. The van der Waals surface area contributed by atoms with E-state index in [-0.39, 0.29) is 24.5 Å². The van der Waals surface area contributed by atoms with Crippen molar-refractivity contribution in [1.29, 1.82) is 0 Å². The maximum atomic E-state index is 11.9. The van der Waals surface area contributed by atoms with Crippen LogP contribution in [0.5, 0.6) is 0 Å². The maximum absolute atomic E-state index is 11.9. The Morgan fingerprint density at radius 1 is 1.32 bits per heavy atom. The number of nitrogens with two attached hydrogens (primary N) is 1. The lowest BCUT2D eigenvalue weighted by atomic mass is 9.92. The lowest BCUT2D eigenvalue weighted by Crippen LogP contribution is -2.37. The van der Waals surface area contributed by atoms with Gasteiger partial charge in [0.2, 0.25) is 0 Å². The number of rotatable bonds is 2. The molecule has 3 N–H and O–H groups in total. The number of carbonyl (C=O) groups is 2. The van der Waals surface area contributed by atoms with E-state index < -0.39 is 11.6 Å². The number of nitrogens with zero attached hydrogens (tertiary/aromatic N) is 1. The molecule has 0 spiro atoms. The lowest BCUT2D eigenvalue weighted by molar-refractivity contribution is -0.138. The number of hydrogen-bond donors (Lipinski definition) is 2. The van der Waals surface area contributed by atoms with Crippen molar-refractivity contribution in [3.8, 4) is 0 Å². The van der Waals surface area contributed by atoms with Crippen LogP contribution in [-0.4, -0.2) is 46.8 Å². The van der Waals surface area contributed by atoms with Gasteiger partial charge in [-0.25, -0.2) is 4.79 Å². The molecule has 1 heterocycles. The van der Waals surface area contributed by atoms with Gasteiger partial charge in [0.05, 0.1) is 0 Å². The van der Waals surface area contributed by atoms with E-state index in [4.69, 9.17) is 15.6 Å². The molecule has 0 aromatic heterocycles. The fourth-order valence-corrected chi connectivity index (χ4v) is 2.17. The summed E-state index contributed by atoms with van der Waals surface area (Å²) in [7, 11) is 0. The third-order valence-corrected chi connectivity index (χ3v) is 3.20. The van der Waals surface area contributed by atoms with Crippen LogP contribution >= 0.6 is 0 Å². The standard InChI is InChI=1S/C13H24N2O4/c1-13(2,3)19-12(18)15-6-4-9(8-11(16)17)10(14)5-7-15/h9-10H,4-8,14H2,1-3H3,(H,16,17)/t9-,10+/m1/s1. The predicted octanol–water partition coefficient (Wildman–Crippen LogP) is 1.44. The molecule has 110 valence electrons. The fraction of sp³-hybridized carbons (Fsp3) is 0.846. The molecule has 1 amide bonds. The Balaban J connectivity index is 2.57. The Labute approximate surface area is 113 Å². The third kappa shape index (κ3) is 5.46. The summed E-state index contributed by atoms with van der Waals surface area (Å²) in [5.41, 5.74) is 5.45. The quantitative estimate of drug-likeness (QED) is 0.793. The second kappa shape index (κ2) is 6.23. The van der Waals surface area contributed by atoms with Crippen molar-refractivity contribution in [2.24, 2.45) is 11.7 Å². The van der Waals surface area contributed by atoms with Crippen molar-refractivity contribution in [3.05, 3.63) is 0 Å². The Bertz CT molecular complexity index is 338. The summed E-state index contributed by atoms with van der Waals surface area (Å²) in [6.07, 6.45) is 0.920. The maximum Gasteiger partial charge on any atom is 0.410 e. The monoisotopic (exact) mass is 272 g/mol. The third-order valence-electron chi connectivity index (χ3n) is 3.20. The van der Waals surface area contributed by atoms with Gasteiger partial charge in [-0.1, -0.05) is 0 Å². The van der Waals surface area contributed by atoms with Crippen LogP contribution in [-0.2, 0) is 9.53 Å². The van der Waals surface area contributed by atoms with E-state index in [0.29, 0.717) is 25.9 Å². The summed E-state index contributed by atoms with van der Waals surface area (Å²) in [5, 5.41) is 8.84. The van der Waals surface area contributed by atoms with Crippen LogP contribution in [0.15, 0.2) is 0 Å². The van der Waals surface area contributed by atoms with Gasteiger partial charge in [-0.05, 0) is 39.5 Å². The Morgan fingerprint density at radius 3 is 2.42 bits per heavy atom. The molecule has 1 rings (SSSR count). The van der Waals surface area contributed by atoms with Gasteiger partial charge >= 0.3 is 12.1 Å². The van der Waals surface area contributed by atoms with Crippen molar-refractivity contribution in [1.82, 2.24) is 4.90 Å². The molecule has 6 nitrogen and oxygen atoms in total. The Morgan fingerprint density at radius 2 is 1.89 bits per heavy atom. The van der Waals surface area contributed by atoms with Crippen molar-refractivity contribution in [2.45, 2.75) is 51.7 Å². The van der Waals surface area contributed by atoms with Gasteiger partial charge in [0.1, 0.15) is 5.60 Å². The molecule has 1 aliphatic heterocycles. The van der Waals surface area contributed by atoms with Gasteiger partial charge in [0.25, 0.3) is 0 Å². The van der Waals surface area contributed by atoms with Gasteiger partial charge in [-0.15, -0.1) is 0 Å². The van der Waals surface area contributed by atoms with E-state index in [9.17, 15) is 9.59 Å². The van der Waals surface area contributed by atoms with Crippen LogP contribution in [0.4, 0.5) is 4.79 Å². The number of carbonyl (C=O) groups excluding carboxylic acids is 1. The number of amides is 1. The van der Waals surface area contributed by atoms with Crippen LogP contribution in [0.2, 0.25) is 0 Å². The molecule has 19 heavy (non-hydrogen) atoms. The molecule has 1 aliphatic rings. The number of ether oxygens (including phenoxy) is 1. The van der Waals surface area contributed by atoms with Crippen LogP contribution in [0.1, 0.15) is 40.0 Å². The first-order valence-corrected chi connectivity index (χ1v) is 6.64. The molecule has 1 saturated heterocycles. The highest BCUT2D eigenvalue weighted by atomic mass is 16.6. The van der Waals surface area contributed by atoms with E-state index >= 15 is 0 Å². The zero-order chi connectivity index (χ0) is 14.6. The first-order chi connectivity index (χ1) is 8.69. The second-order valence-electron chi connectivity index (χ2n) is 6.07. The Hall–Kier alpha value is -1.30. The Kier molecular flexibility index (Phi) is 5.17. The van der Waals surface area contributed by atoms with Gasteiger partial charge in [0, 0.05) is 25.6 Å². The summed E-state index contributed by atoms with van der Waals surface area (Å²) in [6.45, 7) is 6.48. The second-order valence-corrected chi connectivity index (χ2v) is 6.07. The van der Waals surface area contributed by atoms with E-state index in [1.807, 2.05) is 20.8 Å². The summed E-state index contributed by atoms with van der Waals surface area (Å²) >= 11 is 0. The molecule has 0 aromatic carbocycles. The van der Waals surface area contributed by atoms with Crippen molar-refractivity contribution in [3.63, 3.8) is 0 Å². The number of carboxylic acids is 1. The van der Waals surface area contributed by atoms with Crippen LogP contribution in [0, 0.1) is 5.92 Å². The molecule has 2 atom stereocenters. The molecule has 0 aromatic rings. The number of aliphatic carboxylic acids is 1. The van der Waals surface area contributed by atoms with Gasteiger partial charge < -0.3 is 20.5 Å². The average molecular weight is 272 g/mol. The molecular weight excluding hydrogens is 248 g/mol. The molecule has 0 unspecified atom stereocenters. The van der Waals surface area contributed by atoms with Crippen molar-refractivity contribution in [2.75, 3.05) is 13.1 Å². The predicted molar refractivity (Wildman–Crippen MR) is 70.8 cm³/mol. The van der Waals surface area contributed by atoms with Crippen LogP contribution in [0.3, 0.4) is 0 Å². The summed E-state index contributed by atoms with van der Waals surface area (Å²) < 4.78 is 5.31. The van der Waals surface area contributed by atoms with Crippen molar-refractivity contribution >= 4 is 12.1 Å². The lowest BCUT2D eigenvalue weighted by Gasteiger charge is -2.26. The van der Waals surface area contributed by atoms with Gasteiger partial charge in [-0.2, -0.15) is 0 Å². The smallest absolute Gasteiger partial charge is 0.410 e. The first-order valence-electron chi connectivity index (χ1n) is 6.64. The average Bonchev–Trinajstić information content (AvgIpc) is 2.39. The van der Waals surface area contributed by atoms with E-state index in [1.54, 1.807) is 4.90 Å². The molecule has 1 fully saturated rings. The van der Waals surface area contributed by atoms with Crippen LogP contribution in [0.25, 0.3) is 0 Å². The first kappa shape index (κ1) is 15.8. The summed E-state index contributed by atoms with van der Waals surface area (Å²) in [5.74, 6) is -0.920. The SMILES string of the molecule is CC(C)(C)OC(=O)N1CC[C@H](CC(=O)O)[C@@H](N)CC1. The van der Waals surface area contributed by atoms with E-state index in [0.717, 1.165) is 0 Å². The minimum absolute atomic E-state index is 0.0589. The topological polar surface area (TPSA) is 92.9 Å². The highest BCUT2D eigenvalue weighted by molar-refractivity contribution is 5.68. The largest absolute Gasteiger partial charge is 0.481 e. The van der Waals surface area contributed by atoms with E-state index in [1.165, 1.54) is 0 Å². The number of likely N-dealkylation sites (tertiary alicyclic amines) is 1. The molecule has 0 bridgehead atoms. The number of hydrogen-bond acceptors (Lipinski definition) is 4. The molecule has 0 saturated carbocycles. The molecular formula is C13H24N2O4. The van der Waals surface area contributed by atoms with Gasteiger partial charge in [0.15, 0.2) is 0 Å². The summed E-state index contributed by atoms with van der Waals surface area (Å²) in [4.78, 5) is 24.3. The highest BCUT2D eigenvalue weighted by Gasteiger charge is 2.29. The minimum Gasteiger partial charge on any atom is -0.481 e. The molecule has 0 aliphatic carbocycles. The minimum atomic E-state index is -0.842. The number of carboxylic acid groups (broad SMARTS) is 1. The highest BCUT2D eigenvalue weighted by Crippen LogP contribution is 2.21. The molecule has 6 heteroatoms. The summed E-state index contributed by atoms with van der Waals surface area (Å²) in [6, 6.07) is -0.177.